The van der Waals surface area contributed by atoms with Gasteiger partial charge in [0.1, 0.15) is 11.6 Å². The minimum absolute atomic E-state index is 0.308. The van der Waals surface area contributed by atoms with Crippen LogP contribution >= 0.6 is 0 Å². The van der Waals surface area contributed by atoms with E-state index < -0.39 is 17.6 Å². The number of hydrogen-bond donors (Lipinski definition) is 3. The summed E-state index contributed by atoms with van der Waals surface area (Å²) in [5.41, 5.74) is 4.62. The fraction of sp³-hybridized carbons (Fsp3) is 0.214. The number of rotatable bonds is 6. The van der Waals surface area contributed by atoms with E-state index in [0.29, 0.717) is 30.3 Å². The van der Waals surface area contributed by atoms with Crippen LogP contribution in [0.3, 0.4) is 0 Å². The smallest absolute Gasteiger partial charge is 0.368 e. The lowest BCUT2D eigenvalue weighted by Crippen LogP contribution is -2.16. The van der Waals surface area contributed by atoms with Crippen molar-refractivity contribution >= 4 is 17.5 Å². The Labute approximate surface area is 129 Å². The Bertz CT molecular complexity index is 656. The Morgan fingerprint density at radius 3 is 1.96 bits per heavy atom. The largest absolute Gasteiger partial charge is 0.417 e. The number of nitrogens with one attached hydrogen (secondary N) is 2. The van der Waals surface area contributed by atoms with E-state index in [1.165, 1.54) is 12.3 Å². The molecule has 0 radical (unpaired) electrons. The number of halogens is 3. The Morgan fingerprint density at radius 2 is 1.57 bits per heavy atom. The van der Waals surface area contributed by atoms with Crippen molar-refractivity contribution in [2.24, 2.45) is 5.73 Å². The molecule has 9 heteroatoms. The molecule has 2 aromatic heterocycles. The van der Waals surface area contributed by atoms with Gasteiger partial charge < -0.3 is 16.4 Å². The van der Waals surface area contributed by atoms with Crippen molar-refractivity contribution in [3.63, 3.8) is 0 Å². The minimum Gasteiger partial charge on any atom is -0.368 e. The van der Waals surface area contributed by atoms with Gasteiger partial charge in [0, 0.05) is 25.5 Å². The highest BCUT2D eigenvalue weighted by atomic mass is 19.4. The number of anilines is 2. The predicted octanol–water partition coefficient (Wildman–Crippen LogP) is 2.12. The van der Waals surface area contributed by atoms with Crippen molar-refractivity contribution in [2.45, 2.75) is 6.18 Å². The molecule has 6 nitrogen and oxygen atoms in total. The molecule has 2 aromatic rings. The molecule has 1 amide bonds. The zero-order valence-corrected chi connectivity index (χ0v) is 11.9. The number of nitrogens with two attached hydrogens (primary N) is 1. The minimum atomic E-state index is -4.39. The number of aromatic nitrogens is 2. The lowest BCUT2D eigenvalue weighted by Gasteiger charge is -2.09. The first-order valence-corrected chi connectivity index (χ1v) is 6.63. The van der Waals surface area contributed by atoms with Crippen LogP contribution in [0.25, 0.3) is 0 Å². The van der Waals surface area contributed by atoms with Crippen LogP contribution in [0.5, 0.6) is 0 Å². The average molecular weight is 325 g/mol. The van der Waals surface area contributed by atoms with Crippen LogP contribution in [0.1, 0.15) is 15.9 Å². The van der Waals surface area contributed by atoms with E-state index in [0.717, 1.165) is 12.3 Å². The molecule has 23 heavy (non-hydrogen) atoms. The van der Waals surface area contributed by atoms with Crippen molar-refractivity contribution < 1.29 is 18.0 Å². The summed E-state index contributed by atoms with van der Waals surface area (Å²) >= 11 is 0. The van der Waals surface area contributed by atoms with Gasteiger partial charge in [0.15, 0.2) is 0 Å². The molecule has 0 bridgehead atoms. The van der Waals surface area contributed by atoms with Crippen LogP contribution in [0, 0.1) is 0 Å². The van der Waals surface area contributed by atoms with Crippen molar-refractivity contribution in [3.8, 4) is 0 Å². The molecule has 122 valence electrons. The second-order valence-corrected chi connectivity index (χ2v) is 4.58. The standard InChI is InChI=1S/C14H14F3N5O/c15-14(16,17)10-2-4-12(22-8-10)20-6-5-19-11-3-1-9(7-21-11)13(18)23/h1-4,7-8H,5-6H2,(H2,18,23)(H,19,21)(H,20,22). The van der Waals surface area contributed by atoms with Crippen LogP contribution in [-0.2, 0) is 6.18 Å². The van der Waals surface area contributed by atoms with E-state index in [9.17, 15) is 18.0 Å². The second-order valence-electron chi connectivity index (χ2n) is 4.58. The molecule has 0 spiro atoms. The van der Waals surface area contributed by atoms with Gasteiger partial charge in [0.25, 0.3) is 0 Å². The highest BCUT2D eigenvalue weighted by Crippen LogP contribution is 2.28. The Morgan fingerprint density at radius 1 is 1.00 bits per heavy atom. The van der Waals surface area contributed by atoms with Gasteiger partial charge in [-0.2, -0.15) is 13.2 Å². The fourth-order valence-electron chi connectivity index (χ4n) is 1.69. The number of alkyl halides is 3. The lowest BCUT2D eigenvalue weighted by atomic mass is 10.3. The molecule has 0 unspecified atom stereocenters. The fourth-order valence-corrected chi connectivity index (χ4v) is 1.69. The molecule has 2 heterocycles. The number of primary amides is 1. The highest BCUT2D eigenvalue weighted by Gasteiger charge is 2.30. The van der Waals surface area contributed by atoms with E-state index in [2.05, 4.69) is 20.6 Å². The molecule has 4 N–H and O–H groups in total. The SMILES string of the molecule is NC(=O)c1ccc(NCCNc2ccc(C(F)(F)F)cn2)nc1. The summed E-state index contributed by atoms with van der Waals surface area (Å²) in [6.07, 6.45) is -2.26. The predicted molar refractivity (Wildman–Crippen MR) is 79.0 cm³/mol. The number of hydrogen-bond acceptors (Lipinski definition) is 5. The molecule has 0 aliphatic carbocycles. The molecule has 0 aliphatic heterocycles. The number of carbonyl (C=O) groups is 1. The molecular weight excluding hydrogens is 311 g/mol. The number of nitrogens with zero attached hydrogens (tertiary/aromatic N) is 2. The number of amides is 1. The summed E-state index contributed by atoms with van der Waals surface area (Å²) < 4.78 is 37.2. The lowest BCUT2D eigenvalue weighted by molar-refractivity contribution is -0.137. The van der Waals surface area contributed by atoms with Gasteiger partial charge in [-0.15, -0.1) is 0 Å². The summed E-state index contributed by atoms with van der Waals surface area (Å²) in [5, 5.41) is 5.86. The van der Waals surface area contributed by atoms with Crippen molar-refractivity contribution in [1.29, 1.82) is 0 Å². The van der Waals surface area contributed by atoms with Gasteiger partial charge in [-0.05, 0) is 24.3 Å². The zero-order valence-electron chi connectivity index (χ0n) is 11.9. The van der Waals surface area contributed by atoms with Crippen LogP contribution in [0.4, 0.5) is 24.8 Å². The Hall–Kier alpha value is -2.84. The quantitative estimate of drug-likeness (QED) is 0.708. The van der Waals surface area contributed by atoms with E-state index in [4.69, 9.17) is 5.73 Å². The monoisotopic (exact) mass is 325 g/mol. The van der Waals surface area contributed by atoms with E-state index in [1.54, 1.807) is 12.1 Å². The second kappa shape index (κ2) is 6.95. The number of pyridine rings is 2. The van der Waals surface area contributed by atoms with Crippen LogP contribution in [0.15, 0.2) is 36.7 Å². The third-order valence-corrected chi connectivity index (χ3v) is 2.88. The first-order chi connectivity index (χ1) is 10.9. The van der Waals surface area contributed by atoms with Crippen molar-refractivity contribution in [1.82, 2.24) is 9.97 Å². The van der Waals surface area contributed by atoms with Gasteiger partial charge in [0.2, 0.25) is 5.91 Å². The molecular formula is C14H14F3N5O. The maximum atomic E-state index is 12.4. The zero-order chi connectivity index (χ0) is 16.9. The Kier molecular flexibility index (Phi) is 4.99. The average Bonchev–Trinajstić information content (AvgIpc) is 2.51. The van der Waals surface area contributed by atoms with Gasteiger partial charge in [-0.1, -0.05) is 0 Å². The number of carbonyl (C=O) groups excluding carboxylic acids is 1. The molecule has 0 aromatic carbocycles. The van der Waals surface area contributed by atoms with Crippen molar-refractivity contribution in [3.05, 3.63) is 47.8 Å². The highest BCUT2D eigenvalue weighted by molar-refractivity contribution is 5.92. The van der Waals surface area contributed by atoms with Gasteiger partial charge in [0.05, 0.1) is 11.1 Å². The third kappa shape index (κ3) is 4.83. The van der Waals surface area contributed by atoms with E-state index in [1.807, 2.05) is 0 Å². The maximum absolute atomic E-state index is 12.4. The normalized spacial score (nSPS) is 11.1. The molecule has 0 saturated heterocycles. The van der Waals surface area contributed by atoms with Crippen LogP contribution in [-0.4, -0.2) is 29.0 Å². The summed E-state index contributed by atoms with van der Waals surface area (Å²) in [6.45, 7) is 0.892. The summed E-state index contributed by atoms with van der Waals surface area (Å²) in [5.74, 6) is 0.341. The van der Waals surface area contributed by atoms with Crippen LogP contribution in [0.2, 0.25) is 0 Å². The molecule has 0 aliphatic rings. The molecule has 2 rings (SSSR count). The summed E-state index contributed by atoms with van der Waals surface area (Å²) in [7, 11) is 0. The molecule has 0 saturated carbocycles. The maximum Gasteiger partial charge on any atom is 0.417 e. The summed E-state index contributed by atoms with van der Waals surface area (Å²) in [6, 6.07) is 5.38. The third-order valence-electron chi connectivity index (χ3n) is 2.88. The van der Waals surface area contributed by atoms with Gasteiger partial charge in [-0.3, -0.25) is 4.79 Å². The van der Waals surface area contributed by atoms with E-state index in [-0.39, 0.29) is 0 Å². The first kappa shape index (κ1) is 16.5. The van der Waals surface area contributed by atoms with Gasteiger partial charge in [-0.25, -0.2) is 9.97 Å². The topological polar surface area (TPSA) is 92.9 Å². The summed E-state index contributed by atoms with van der Waals surface area (Å²) in [4.78, 5) is 18.6. The Balaban J connectivity index is 1.78. The van der Waals surface area contributed by atoms with E-state index >= 15 is 0 Å². The van der Waals surface area contributed by atoms with Crippen molar-refractivity contribution in [2.75, 3.05) is 23.7 Å². The van der Waals surface area contributed by atoms with Crippen LogP contribution < -0.4 is 16.4 Å². The first-order valence-electron chi connectivity index (χ1n) is 6.63. The molecule has 0 fully saturated rings. The molecule has 0 atom stereocenters. The van der Waals surface area contributed by atoms with Gasteiger partial charge >= 0.3 is 6.18 Å².